The van der Waals surface area contributed by atoms with E-state index in [1.165, 1.54) is 11.1 Å². The maximum Gasteiger partial charge on any atom is 0.112 e. The van der Waals surface area contributed by atoms with Gasteiger partial charge in [0.1, 0.15) is 5.60 Å². The molecular formula is C20H20O. The van der Waals surface area contributed by atoms with E-state index in [1.54, 1.807) is 0 Å². The Morgan fingerprint density at radius 1 is 0.810 bits per heavy atom. The summed E-state index contributed by atoms with van der Waals surface area (Å²) >= 11 is 0. The highest BCUT2D eigenvalue weighted by Crippen LogP contribution is 2.34. The Balaban J connectivity index is 2.22. The third-order valence-electron chi connectivity index (χ3n) is 4.38. The highest BCUT2D eigenvalue weighted by Gasteiger charge is 2.27. The van der Waals surface area contributed by atoms with Crippen LogP contribution in [0.3, 0.4) is 0 Å². The van der Waals surface area contributed by atoms with Gasteiger partial charge in [-0.25, -0.2) is 0 Å². The Bertz CT molecular complexity index is 795. The summed E-state index contributed by atoms with van der Waals surface area (Å²) in [5.41, 5.74) is 3.32. The van der Waals surface area contributed by atoms with Crippen molar-refractivity contribution in [3.63, 3.8) is 0 Å². The van der Waals surface area contributed by atoms with Crippen molar-refractivity contribution in [3.8, 4) is 0 Å². The van der Waals surface area contributed by atoms with Gasteiger partial charge in [-0.15, -0.1) is 0 Å². The molecule has 0 saturated heterocycles. The normalized spacial score (nSPS) is 14.1. The lowest BCUT2D eigenvalue weighted by Gasteiger charge is -2.27. The quantitative estimate of drug-likeness (QED) is 0.718. The molecule has 3 rings (SSSR count). The predicted molar refractivity (Wildman–Crippen MR) is 88.5 cm³/mol. The summed E-state index contributed by atoms with van der Waals surface area (Å²) in [7, 11) is 0. The van der Waals surface area contributed by atoms with E-state index in [0.717, 1.165) is 21.9 Å². The molecule has 0 spiro atoms. The highest BCUT2D eigenvalue weighted by atomic mass is 16.3. The van der Waals surface area contributed by atoms with Crippen LogP contribution in [0.4, 0.5) is 0 Å². The first kappa shape index (κ1) is 13.8. The van der Waals surface area contributed by atoms with Crippen LogP contribution in [0.1, 0.15) is 29.2 Å². The van der Waals surface area contributed by atoms with Crippen molar-refractivity contribution in [2.24, 2.45) is 0 Å². The van der Waals surface area contributed by atoms with Crippen molar-refractivity contribution < 1.29 is 5.11 Å². The molecule has 0 saturated carbocycles. The Morgan fingerprint density at radius 3 is 2.29 bits per heavy atom. The molecule has 0 aromatic heterocycles. The third kappa shape index (κ3) is 2.34. The number of hydrogen-bond acceptors (Lipinski definition) is 1. The monoisotopic (exact) mass is 276 g/mol. The lowest BCUT2D eigenvalue weighted by molar-refractivity contribution is 0.104. The first-order valence-corrected chi connectivity index (χ1v) is 7.28. The molecule has 0 fully saturated rings. The molecule has 106 valence electrons. The van der Waals surface area contributed by atoms with Crippen LogP contribution in [0.25, 0.3) is 10.8 Å². The van der Waals surface area contributed by atoms with E-state index in [-0.39, 0.29) is 0 Å². The zero-order valence-corrected chi connectivity index (χ0v) is 12.7. The Labute approximate surface area is 125 Å². The molecule has 21 heavy (non-hydrogen) atoms. The molecule has 1 N–H and O–H groups in total. The van der Waals surface area contributed by atoms with Crippen LogP contribution >= 0.6 is 0 Å². The molecule has 1 heteroatoms. The second-order valence-electron chi connectivity index (χ2n) is 5.90. The fraction of sp³-hybridized carbons (Fsp3) is 0.200. The van der Waals surface area contributed by atoms with Crippen LogP contribution in [0.5, 0.6) is 0 Å². The van der Waals surface area contributed by atoms with Crippen molar-refractivity contribution in [2.45, 2.75) is 26.4 Å². The van der Waals surface area contributed by atoms with Gasteiger partial charge < -0.3 is 5.11 Å². The lowest BCUT2D eigenvalue weighted by Crippen LogP contribution is -2.23. The molecule has 0 radical (unpaired) electrons. The standard InChI is InChI=1S/C20H20O/c1-14-11-12-17(13-15(14)2)20(3,21)19-10-6-8-16-7-4-5-9-18(16)19/h4-13,21H,1-3H3. The van der Waals surface area contributed by atoms with E-state index in [4.69, 9.17) is 0 Å². The van der Waals surface area contributed by atoms with E-state index in [2.05, 4.69) is 44.2 Å². The van der Waals surface area contributed by atoms with E-state index >= 15 is 0 Å². The van der Waals surface area contributed by atoms with Crippen molar-refractivity contribution in [3.05, 3.63) is 82.9 Å². The zero-order valence-electron chi connectivity index (χ0n) is 12.7. The number of hydrogen-bond donors (Lipinski definition) is 1. The van der Waals surface area contributed by atoms with Crippen LogP contribution in [0, 0.1) is 13.8 Å². The molecule has 1 atom stereocenters. The van der Waals surface area contributed by atoms with Gasteiger partial charge >= 0.3 is 0 Å². The second-order valence-corrected chi connectivity index (χ2v) is 5.90. The maximum absolute atomic E-state index is 11.2. The van der Waals surface area contributed by atoms with Gasteiger partial charge in [-0.1, -0.05) is 60.7 Å². The fourth-order valence-electron chi connectivity index (χ4n) is 2.85. The largest absolute Gasteiger partial charge is 0.381 e. The molecule has 3 aromatic rings. The molecular weight excluding hydrogens is 256 g/mol. The molecule has 1 nitrogen and oxygen atoms in total. The number of benzene rings is 3. The fourth-order valence-corrected chi connectivity index (χ4v) is 2.85. The number of aryl methyl sites for hydroxylation is 2. The van der Waals surface area contributed by atoms with Gasteiger partial charge in [0.05, 0.1) is 0 Å². The Hall–Kier alpha value is -2.12. The van der Waals surface area contributed by atoms with Crippen molar-refractivity contribution in [2.75, 3.05) is 0 Å². The van der Waals surface area contributed by atoms with Crippen molar-refractivity contribution >= 4 is 10.8 Å². The molecule has 0 aliphatic rings. The number of aliphatic hydroxyl groups is 1. The van der Waals surface area contributed by atoms with E-state index in [0.29, 0.717) is 0 Å². The summed E-state index contributed by atoms with van der Waals surface area (Å²) in [5.74, 6) is 0. The number of fused-ring (bicyclic) bond motifs is 1. The van der Waals surface area contributed by atoms with Crippen LogP contribution in [0.15, 0.2) is 60.7 Å². The Morgan fingerprint density at radius 2 is 1.52 bits per heavy atom. The average Bonchev–Trinajstić information content (AvgIpc) is 2.49. The number of rotatable bonds is 2. The SMILES string of the molecule is Cc1ccc(C(C)(O)c2cccc3ccccc23)cc1C. The van der Waals surface area contributed by atoms with Gasteiger partial charge in [0.2, 0.25) is 0 Å². The first-order chi connectivity index (χ1) is 10.00. The molecule has 0 heterocycles. The van der Waals surface area contributed by atoms with Gasteiger partial charge in [-0.3, -0.25) is 0 Å². The summed E-state index contributed by atoms with van der Waals surface area (Å²) in [5, 5.41) is 13.4. The second kappa shape index (κ2) is 5.01. The molecule has 0 bridgehead atoms. The molecule has 0 aliphatic heterocycles. The summed E-state index contributed by atoms with van der Waals surface area (Å²) in [4.78, 5) is 0. The van der Waals surface area contributed by atoms with Gasteiger partial charge in [0.25, 0.3) is 0 Å². The van der Waals surface area contributed by atoms with Gasteiger partial charge in [0, 0.05) is 0 Å². The van der Waals surface area contributed by atoms with Gasteiger partial charge in [-0.05, 0) is 53.8 Å². The predicted octanol–water partition coefficient (Wildman–Crippen LogP) is 4.71. The van der Waals surface area contributed by atoms with Gasteiger partial charge in [0.15, 0.2) is 0 Å². The van der Waals surface area contributed by atoms with E-state index in [1.807, 2.05) is 37.3 Å². The summed E-state index contributed by atoms with van der Waals surface area (Å²) in [6.07, 6.45) is 0. The molecule has 0 amide bonds. The van der Waals surface area contributed by atoms with E-state index in [9.17, 15) is 5.11 Å². The third-order valence-corrected chi connectivity index (χ3v) is 4.38. The van der Waals surface area contributed by atoms with Crippen LogP contribution in [-0.4, -0.2) is 5.11 Å². The Kier molecular flexibility index (Phi) is 3.30. The van der Waals surface area contributed by atoms with Crippen molar-refractivity contribution in [1.82, 2.24) is 0 Å². The summed E-state index contributed by atoms with van der Waals surface area (Å²) in [6.45, 7) is 6.04. The topological polar surface area (TPSA) is 20.2 Å². The lowest BCUT2D eigenvalue weighted by atomic mass is 9.84. The summed E-state index contributed by atoms with van der Waals surface area (Å²) in [6, 6.07) is 20.5. The van der Waals surface area contributed by atoms with Crippen LogP contribution in [0.2, 0.25) is 0 Å². The average molecular weight is 276 g/mol. The smallest absolute Gasteiger partial charge is 0.112 e. The maximum atomic E-state index is 11.2. The van der Waals surface area contributed by atoms with Crippen LogP contribution in [-0.2, 0) is 5.60 Å². The highest BCUT2D eigenvalue weighted by molar-refractivity contribution is 5.86. The first-order valence-electron chi connectivity index (χ1n) is 7.28. The minimum Gasteiger partial charge on any atom is -0.381 e. The molecule has 0 aliphatic carbocycles. The van der Waals surface area contributed by atoms with Crippen molar-refractivity contribution in [1.29, 1.82) is 0 Å². The van der Waals surface area contributed by atoms with E-state index < -0.39 is 5.60 Å². The minimum atomic E-state index is -1.00. The summed E-state index contributed by atoms with van der Waals surface area (Å²) < 4.78 is 0. The molecule has 3 aromatic carbocycles. The minimum absolute atomic E-state index is 0.932. The molecule has 1 unspecified atom stereocenters. The zero-order chi connectivity index (χ0) is 15.0. The van der Waals surface area contributed by atoms with Crippen LogP contribution < -0.4 is 0 Å². The van der Waals surface area contributed by atoms with Gasteiger partial charge in [-0.2, -0.15) is 0 Å².